The first-order valence-corrected chi connectivity index (χ1v) is 11.9. The quantitative estimate of drug-likeness (QED) is 0.261. The van der Waals surface area contributed by atoms with Crippen molar-refractivity contribution in [3.8, 4) is 23.0 Å². The Balaban J connectivity index is 1.60. The minimum Gasteiger partial charge on any atom is -0.436 e. The number of ether oxygens (including phenoxy) is 1. The standard InChI is InChI=1S/C27H25N3O2S/c1-16-6-4-8-19(10-16)15-33-27-23-12-22-21(14-31)13-28-18(3)24(22)32-26(23)29-25(30-27)20-9-5-7-17(2)11-20/h4-11,13,31H,12,14-15H2,1-3H3. The van der Waals surface area contributed by atoms with Gasteiger partial charge >= 0.3 is 0 Å². The second kappa shape index (κ2) is 8.96. The first-order valence-electron chi connectivity index (χ1n) is 10.9. The second-order valence-corrected chi connectivity index (χ2v) is 9.36. The number of thioether (sulfide) groups is 1. The summed E-state index contributed by atoms with van der Waals surface area (Å²) in [6, 6.07) is 16.7. The van der Waals surface area contributed by atoms with Gasteiger partial charge in [0.15, 0.2) is 11.6 Å². The third-order valence-electron chi connectivity index (χ3n) is 5.79. The molecule has 4 aromatic rings. The molecule has 5 nitrogen and oxygen atoms in total. The molecule has 0 atom stereocenters. The van der Waals surface area contributed by atoms with E-state index in [1.807, 2.05) is 19.1 Å². The van der Waals surface area contributed by atoms with Crippen LogP contribution in [0.3, 0.4) is 0 Å². The minimum atomic E-state index is -0.0810. The fourth-order valence-corrected chi connectivity index (χ4v) is 5.05. The van der Waals surface area contributed by atoms with Crippen molar-refractivity contribution in [3.05, 3.63) is 93.8 Å². The lowest BCUT2D eigenvalue weighted by atomic mass is 9.99. The molecule has 1 aliphatic heterocycles. The summed E-state index contributed by atoms with van der Waals surface area (Å²) in [5.74, 6) is 2.71. The Labute approximate surface area is 197 Å². The summed E-state index contributed by atoms with van der Waals surface area (Å²) in [6.07, 6.45) is 2.33. The molecule has 0 radical (unpaired) electrons. The summed E-state index contributed by atoms with van der Waals surface area (Å²) < 4.78 is 6.32. The normalized spacial score (nSPS) is 12.1. The van der Waals surface area contributed by atoms with Crippen LogP contribution >= 0.6 is 11.8 Å². The van der Waals surface area contributed by atoms with Gasteiger partial charge in [-0.25, -0.2) is 4.98 Å². The summed E-state index contributed by atoms with van der Waals surface area (Å²) in [6.45, 7) is 6.00. The van der Waals surface area contributed by atoms with Crippen molar-refractivity contribution in [2.45, 2.75) is 44.6 Å². The van der Waals surface area contributed by atoms with Crippen molar-refractivity contribution >= 4 is 11.8 Å². The van der Waals surface area contributed by atoms with Crippen molar-refractivity contribution in [1.29, 1.82) is 0 Å². The van der Waals surface area contributed by atoms with Gasteiger partial charge in [-0.3, -0.25) is 4.98 Å². The number of rotatable bonds is 5. The fraction of sp³-hybridized carbons (Fsp3) is 0.222. The summed E-state index contributed by atoms with van der Waals surface area (Å²) in [4.78, 5) is 14.2. The van der Waals surface area contributed by atoms with E-state index >= 15 is 0 Å². The number of benzene rings is 2. The third kappa shape index (κ3) is 4.36. The smallest absolute Gasteiger partial charge is 0.227 e. The van der Waals surface area contributed by atoms with Gasteiger partial charge in [-0.2, -0.15) is 4.98 Å². The molecule has 0 spiro atoms. The van der Waals surface area contributed by atoms with Crippen LogP contribution in [0.5, 0.6) is 11.6 Å². The highest BCUT2D eigenvalue weighted by Gasteiger charge is 2.27. The number of pyridine rings is 1. The number of nitrogens with zero attached hydrogens (tertiary/aromatic N) is 3. The SMILES string of the molecule is Cc1cccc(CSc2nc(-c3cccc(C)c3)nc3c2Cc2c(CO)cnc(C)c2O3)c1. The van der Waals surface area contributed by atoms with Gasteiger partial charge in [0.25, 0.3) is 0 Å². The number of aromatic nitrogens is 3. The van der Waals surface area contributed by atoms with Crippen LogP contribution in [0.1, 0.15) is 39.1 Å². The number of aryl methyl sites for hydroxylation is 3. The van der Waals surface area contributed by atoms with E-state index in [0.29, 0.717) is 23.9 Å². The Kier molecular flexibility index (Phi) is 5.87. The minimum absolute atomic E-state index is 0.0810. The molecule has 166 valence electrons. The van der Waals surface area contributed by atoms with Gasteiger partial charge in [-0.1, -0.05) is 53.6 Å². The average Bonchev–Trinajstić information content (AvgIpc) is 2.82. The molecule has 0 saturated heterocycles. The average molecular weight is 456 g/mol. The fourth-order valence-electron chi connectivity index (χ4n) is 4.08. The summed E-state index contributed by atoms with van der Waals surface area (Å²) in [7, 11) is 0. The number of hydrogen-bond acceptors (Lipinski definition) is 6. The van der Waals surface area contributed by atoms with E-state index in [9.17, 15) is 5.11 Å². The Hall–Kier alpha value is -3.22. The molecule has 0 amide bonds. The molecule has 5 rings (SSSR count). The molecule has 6 heteroatoms. The van der Waals surface area contributed by atoms with Crippen LogP contribution in [-0.4, -0.2) is 20.1 Å². The number of aliphatic hydroxyl groups excluding tert-OH is 1. The summed E-state index contributed by atoms with van der Waals surface area (Å²) in [5, 5.41) is 10.8. The van der Waals surface area contributed by atoms with E-state index in [1.54, 1.807) is 18.0 Å². The topological polar surface area (TPSA) is 68.1 Å². The van der Waals surface area contributed by atoms with Gasteiger partial charge < -0.3 is 9.84 Å². The molecular weight excluding hydrogens is 430 g/mol. The van der Waals surface area contributed by atoms with Crippen molar-refractivity contribution in [2.24, 2.45) is 0 Å². The zero-order valence-corrected chi connectivity index (χ0v) is 19.7. The molecule has 2 aromatic heterocycles. The van der Waals surface area contributed by atoms with Crippen LogP contribution in [0.4, 0.5) is 0 Å². The molecule has 3 heterocycles. The van der Waals surface area contributed by atoms with E-state index < -0.39 is 0 Å². The highest BCUT2D eigenvalue weighted by molar-refractivity contribution is 7.98. The Bertz CT molecular complexity index is 1350. The lowest BCUT2D eigenvalue weighted by Crippen LogP contribution is -2.13. The van der Waals surface area contributed by atoms with Crippen molar-refractivity contribution in [1.82, 2.24) is 15.0 Å². The van der Waals surface area contributed by atoms with Gasteiger partial charge in [-0.05, 0) is 32.4 Å². The molecule has 0 fully saturated rings. The monoisotopic (exact) mass is 455 g/mol. The highest BCUT2D eigenvalue weighted by atomic mass is 32.2. The summed E-state index contributed by atoms with van der Waals surface area (Å²) >= 11 is 1.69. The Morgan fingerprint density at radius 1 is 0.970 bits per heavy atom. The van der Waals surface area contributed by atoms with Gasteiger partial charge in [0, 0.05) is 35.1 Å². The highest BCUT2D eigenvalue weighted by Crippen LogP contribution is 2.43. The molecule has 0 saturated carbocycles. The van der Waals surface area contributed by atoms with Crippen LogP contribution in [0.25, 0.3) is 11.4 Å². The number of hydrogen-bond donors (Lipinski definition) is 1. The van der Waals surface area contributed by atoms with Crippen LogP contribution in [0, 0.1) is 20.8 Å². The van der Waals surface area contributed by atoms with E-state index in [4.69, 9.17) is 14.7 Å². The molecular formula is C27H25N3O2S. The van der Waals surface area contributed by atoms with Gasteiger partial charge in [0.05, 0.1) is 17.9 Å². The number of fused-ring (bicyclic) bond motifs is 2. The Morgan fingerprint density at radius 3 is 2.52 bits per heavy atom. The summed E-state index contributed by atoms with van der Waals surface area (Å²) in [5.41, 5.74) is 8.09. The largest absolute Gasteiger partial charge is 0.436 e. The van der Waals surface area contributed by atoms with Gasteiger partial charge in [-0.15, -0.1) is 11.8 Å². The molecule has 0 aliphatic carbocycles. The first kappa shape index (κ1) is 21.6. The van der Waals surface area contributed by atoms with Crippen molar-refractivity contribution < 1.29 is 9.84 Å². The molecule has 1 aliphatic rings. The Morgan fingerprint density at radius 2 is 1.76 bits per heavy atom. The molecule has 1 N–H and O–H groups in total. The molecule has 2 aromatic carbocycles. The van der Waals surface area contributed by atoms with Crippen molar-refractivity contribution in [2.75, 3.05) is 0 Å². The molecule has 0 bridgehead atoms. The zero-order valence-electron chi connectivity index (χ0n) is 18.9. The van der Waals surface area contributed by atoms with Crippen LogP contribution in [0.2, 0.25) is 0 Å². The predicted molar refractivity (Wildman–Crippen MR) is 131 cm³/mol. The second-order valence-electron chi connectivity index (χ2n) is 8.40. The van der Waals surface area contributed by atoms with Crippen LogP contribution < -0.4 is 4.74 Å². The van der Waals surface area contributed by atoms with Crippen molar-refractivity contribution in [3.63, 3.8) is 0 Å². The first-order chi connectivity index (χ1) is 16.0. The van der Waals surface area contributed by atoms with E-state index in [-0.39, 0.29) is 6.61 Å². The lowest BCUT2D eigenvalue weighted by Gasteiger charge is -2.24. The predicted octanol–water partition coefficient (Wildman–Crippen LogP) is 5.94. The maximum atomic E-state index is 9.87. The maximum absolute atomic E-state index is 9.87. The van der Waals surface area contributed by atoms with Crippen LogP contribution in [0.15, 0.2) is 59.8 Å². The van der Waals surface area contributed by atoms with E-state index in [2.05, 4.69) is 55.2 Å². The molecule has 33 heavy (non-hydrogen) atoms. The zero-order chi connectivity index (χ0) is 22.9. The van der Waals surface area contributed by atoms with E-state index in [0.717, 1.165) is 44.3 Å². The third-order valence-corrected chi connectivity index (χ3v) is 6.88. The molecule has 0 unspecified atom stereocenters. The lowest BCUT2D eigenvalue weighted by molar-refractivity contribution is 0.278. The maximum Gasteiger partial charge on any atom is 0.227 e. The van der Waals surface area contributed by atoms with E-state index in [1.165, 1.54) is 11.1 Å². The van der Waals surface area contributed by atoms with Gasteiger partial charge in [0.2, 0.25) is 5.88 Å². The van der Waals surface area contributed by atoms with Gasteiger partial charge in [0.1, 0.15) is 5.03 Å². The number of aliphatic hydroxyl groups is 1. The van der Waals surface area contributed by atoms with Crippen LogP contribution in [-0.2, 0) is 18.8 Å².